The molecule has 2 aromatic carbocycles. The van der Waals surface area contributed by atoms with Crippen molar-refractivity contribution in [1.29, 1.82) is 0 Å². The Balaban J connectivity index is 1.41. The van der Waals surface area contributed by atoms with Gasteiger partial charge in [0.05, 0.1) is 27.5 Å². The van der Waals surface area contributed by atoms with Gasteiger partial charge in [-0.1, -0.05) is 17.7 Å². The number of carbonyl (C=O) groups excluding carboxylic acids is 1. The summed E-state index contributed by atoms with van der Waals surface area (Å²) in [5.41, 5.74) is 0.753. The first kappa shape index (κ1) is 25.8. The third-order valence-electron chi connectivity index (χ3n) is 5.84. The maximum absolute atomic E-state index is 15.2. The topological polar surface area (TPSA) is 126 Å². The number of thiophene rings is 1. The Morgan fingerprint density at radius 2 is 1.95 bits per heavy atom. The number of hydrogen-bond acceptors (Lipinski definition) is 8. The van der Waals surface area contributed by atoms with Gasteiger partial charge in [0.25, 0.3) is 15.6 Å². The summed E-state index contributed by atoms with van der Waals surface area (Å²) in [6.07, 6.45) is 0. The molecule has 0 fully saturated rings. The molecule has 0 bridgehead atoms. The number of amides is 2. The van der Waals surface area contributed by atoms with Crippen LogP contribution in [-0.4, -0.2) is 54.9 Å². The minimum Gasteiger partial charge on any atom is -0.358 e. The molecule has 2 amide bonds. The second-order valence-corrected chi connectivity index (χ2v) is 12.1. The van der Waals surface area contributed by atoms with E-state index in [1.807, 2.05) is 16.7 Å². The number of carbonyl (C=O) groups is 1. The molecular formula is C24H20ClFN6O4S2. The van der Waals surface area contributed by atoms with Crippen LogP contribution in [0.25, 0.3) is 16.6 Å². The standard InChI is InChI=1S/C24H20ClFN6O4S2/c1-13-28-18-11-14(22-27-9-10-31(22)2)3-5-16(18)23(33)32(13)19-6-4-15(12-17(19)26)29-24(34)30-38(35,36)21-8-7-20(25)37-21/h3-8,11-12H,9-10H2,1-2H3,(H2,29,30,34). The highest BCUT2D eigenvalue weighted by molar-refractivity contribution is 7.92. The molecular weight excluding hydrogens is 555 g/mol. The van der Waals surface area contributed by atoms with Gasteiger partial charge in [-0.2, -0.15) is 0 Å². The van der Waals surface area contributed by atoms with Crippen LogP contribution in [0.2, 0.25) is 4.34 Å². The summed E-state index contributed by atoms with van der Waals surface area (Å²) < 4.78 is 42.8. The van der Waals surface area contributed by atoms with E-state index in [1.54, 1.807) is 25.1 Å². The van der Waals surface area contributed by atoms with Crippen LogP contribution in [0.1, 0.15) is 11.4 Å². The third-order valence-corrected chi connectivity index (χ3v) is 8.89. The number of nitrogens with zero attached hydrogens (tertiary/aromatic N) is 4. The van der Waals surface area contributed by atoms with Gasteiger partial charge in [-0.15, -0.1) is 11.3 Å². The number of aryl methyl sites for hydroxylation is 1. The molecule has 0 saturated heterocycles. The average molecular weight is 575 g/mol. The van der Waals surface area contributed by atoms with Crippen molar-refractivity contribution in [3.05, 3.63) is 80.4 Å². The molecule has 3 heterocycles. The fraction of sp³-hybridized carbons (Fsp3) is 0.167. The maximum atomic E-state index is 15.2. The van der Waals surface area contributed by atoms with E-state index in [1.165, 1.54) is 24.3 Å². The van der Waals surface area contributed by atoms with Crippen LogP contribution < -0.4 is 15.6 Å². The summed E-state index contributed by atoms with van der Waals surface area (Å²) in [5, 5.41) is 2.58. The highest BCUT2D eigenvalue weighted by atomic mass is 35.5. The molecule has 0 radical (unpaired) electrons. The summed E-state index contributed by atoms with van der Waals surface area (Å²) >= 11 is 6.54. The lowest BCUT2D eigenvalue weighted by atomic mass is 10.1. The molecule has 0 atom stereocenters. The highest BCUT2D eigenvalue weighted by Gasteiger charge is 2.21. The van der Waals surface area contributed by atoms with Gasteiger partial charge < -0.3 is 10.2 Å². The van der Waals surface area contributed by atoms with E-state index in [4.69, 9.17) is 11.6 Å². The lowest BCUT2D eigenvalue weighted by Crippen LogP contribution is -2.34. The van der Waals surface area contributed by atoms with Crippen LogP contribution in [0, 0.1) is 12.7 Å². The van der Waals surface area contributed by atoms with Crippen molar-refractivity contribution in [2.24, 2.45) is 4.99 Å². The SMILES string of the molecule is Cc1nc2cc(C3=NCCN3C)ccc2c(=O)n1-c1ccc(NC(=O)NS(=O)(=O)c2ccc(Cl)s2)cc1F. The van der Waals surface area contributed by atoms with Gasteiger partial charge in [-0.05, 0) is 49.4 Å². The Labute approximate surface area is 225 Å². The molecule has 0 saturated carbocycles. The molecule has 0 aliphatic carbocycles. The van der Waals surface area contributed by atoms with Gasteiger partial charge in [0.1, 0.15) is 21.7 Å². The van der Waals surface area contributed by atoms with Crippen molar-refractivity contribution in [1.82, 2.24) is 19.2 Å². The van der Waals surface area contributed by atoms with Crippen molar-refractivity contribution in [3.63, 3.8) is 0 Å². The van der Waals surface area contributed by atoms with Crippen molar-refractivity contribution in [2.75, 3.05) is 25.5 Å². The predicted octanol–water partition coefficient (Wildman–Crippen LogP) is 3.75. The quantitative estimate of drug-likeness (QED) is 0.374. The molecule has 14 heteroatoms. The number of fused-ring (bicyclic) bond motifs is 1. The lowest BCUT2D eigenvalue weighted by molar-refractivity contribution is 0.256. The molecule has 10 nitrogen and oxygen atoms in total. The van der Waals surface area contributed by atoms with Crippen LogP contribution in [0.5, 0.6) is 0 Å². The Bertz CT molecular complexity index is 1800. The molecule has 1 aliphatic rings. The normalized spacial score (nSPS) is 13.6. The second kappa shape index (κ2) is 9.82. The first-order valence-electron chi connectivity index (χ1n) is 11.2. The summed E-state index contributed by atoms with van der Waals surface area (Å²) in [4.78, 5) is 36.6. The van der Waals surface area contributed by atoms with Gasteiger partial charge in [-0.3, -0.25) is 14.4 Å². The first-order valence-corrected chi connectivity index (χ1v) is 13.9. The maximum Gasteiger partial charge on any atom is 0.333 e. The van der Waals surface area contributed by atoms with Gasteiger partial charge >= 0.3 is 6.03 Å². The van der Waals surface area contributed by atoms with Gasteiger partial charge in [0, 0.05) is 24.8 Å². The molecule has 2 N–H and O–H groups in total. The fourth-order valence-electron chi connectivity index (χ4n) is 4.10. The Morgan fingerprint density at radius 3 is 2.61 bits per heavy atom. The number of amidine groups is 1. The highest BCUT2D eigenvalue weighted by Crippen LogP contribution is 2.26. The predicted molar refractivity (Wildman–Crippen MR) is 145 cm³/mol. The van der Waals surface area contributed by atoms with E-state index in [0.29, 0.717) is 17.4 Å². The molecule has 196 valence electrons. The summed E-state index contributed by atoms with van der Waals surface area (Å²) in [7, 11) is -2.21. The zero-order valence-electron chi connectivity index (χ0n) is 20.0. The van der Waals surface area contributed by atoms with Gasteiger partial charge in [0.15, 0.2) is 0 Å². The molecule has 0 spiro atoms. The molecule has 38 heavy (non-hydrogen) atoms. The lowest BCUT2D eigenvalue weighted by Gasteiger charge is -2.15. The number of halogens is 2. The molecule has 2 aromatic heterocycles. The number of benzene rings is 2. The third kappa shape index (κ3) is 4.87. The van der Waals surface area contributed by atoms with E-state index in [2.05, 4.69) is 15.3 Å². The Morgan fingerprint density at radius 1 is 1.16 bits per heavy atom. The Kier molecular flexibility index (Phi) is 6.67. The monoisotopic (exact) mass is 574 g/mol. The number of anilines is 1. The van der Waals surface area contributed by atoms with E-state index < -0.39 is 27.4 Å². The second-order valence-electron chi connectivity index (χ2n) is 8.44. The number of aliphatic imine (C=N–C) groups is 1. The van der Waals surface area contributed by atoms with E-state index >= 15 is 4.39 Å². The zero-order chi connectivity index (χ0) is 27.2. The van der Waals surface area contributed by atoms with E-state index in [0.717, 1.165) is 39.9 Å². The molecule has 4 aromatic rings. The Hall–Kier alpha value is -3.81. The number of aromatic nitrogens is 2. The molecule has 0 unspecified atom stereocenters. The minimum atomic E-state index is -4.15. The molecule has 1 aliphatic heterocycles. The fourth-order valence-corrected chi connectivity index (χ4v) is 6.49. The van der Waals surface area contributed by atoms with Crippen LogP contribution >= 0.6 is 22.9 Å². The van der Waals surface area contributed by atoms with Crippen molar-refractivity contribution >= 4 is 61.4 Å². The molecule has 5 rings (SSSR count). The summed E-state index contributed by atoms with van der Waals surface area (Å²) in [5.74, 6) is 0.265. The van der Waals surface area contributed by atoms with Crippen LogP contribution in [-0.2, 0) is 10.0 Å². The van der Waals surface area contributed by atoms with Crippen LogP contribution in [0.15, 0.2) is 62.5 Å². The van der Waals surface area contributed by atoms with Crippen LogP contribution in [0.3, 0.4) is 0 Å². The van der Waals surface area contributed by atoms with Gasteiger partial charge in [-0.25, -0.2) is 27.3 Å². The number of hydrogen-bond donors (Lipinski definition) is 2. The summed E-state index contributed by atoms with van der Waals surface area (Å²) in [6, 6.07) is 10.4. The number of likely N-dealkylation sites (N-methyl/N-ethyl adjacent to an activating group) is 1. The van der Waals surface area contributed by atoms with Crippen molar-refractivity contribution in [3.8, 4) is 5.69 Å². The largest absolute Gasteiger partial charge is 0.358 e. The van der Waals surface area contributed by atoms with Crippen LogP contribution in [0.4, 0.5) is 14.9 Å². The number of sulfonamides is 1. The van der Waals surface area contributed by atoms with Gasteiger partial charge in [0.2, 0.25) is 0 Å². The van der Waals surface area contributed by atoms with E-state index in [9.17, 15) is 18.0 Å². The minimum absolute atomic E-state index is 0.0197. The number of urea groups is 1. The zero-order valence-corrected chi connectivity index (χ0v) is 22.4. The average Bonchev–Trinajstić information content (AvgIpc) is 3.48. The summed E-state index contributed by atoms with van der Waals surface area (Å²) in [6.45, 7) is 3.10. The van der Waals surface area contributed by atoms with Crippen molar-refractivity contribution < 1.29 is 17.6 Å². The van der Waals surface area contributed by atoms with Crippen molar-refractivity contribution in [2.45, 2.75) is 11.1 Å². The number of rotatable bonds is 5. The first-order chi connectivity index (χ1) is 18.0. The van der Waals surface area contributed by atoms with E-state index in [-0.39, 0.29) is 25.7 Å². The number of nitrogens with one attached hydrogen (secondary N) is 2. The smallest absolute Gasteiger partial charge is 0.333 e.